The maximum absolute atomic E-state index is 11.7. The van der Waals surface area contributed by atoms with Crippen LogP contribution in [0.4, 0.5) is 0 Å². The van der Waals surface area contributed by atoms with Crippen molar-refractivity contribution in [3.63, 3.8) is 0 Å². The first-order valence-electron chi connectivity index (χ1n) is 10.4. The summed E-state index contributed by atoms with van der Waals surface area (Å²) in [6.07, 6.45) is 3.51. The van der Waals surface area contributed by atoms with E-state index in [1.807, 2.05) is 24.3 Å². The lowest BCUT2D eigenvalue weighted by molar-refractivity contribution is -0.112. The van der Waals surface area contributed by atoms with Crippen LogP contribution in [-0.2, 0) is 11.3 Å². The Morgan fingerprint density at radius 1 is 1.07 bits per heavy atom. The van der Waals surface area contributed by atoms with E-state index in [-0.39, 0.29) is 6.04 Å². The minimum Gasteiger partial charge on any atom is -0.492 e. The lowest BCUT2D eigenvalue weighted by Gasteiger charge is -2.34. The van der Waals surface area contributed by atoms with E-state index in [0.29, 0.717) is 5.92 Å². The zero-order chi connectivity index (χ0) is 19.3. The van der Waals surface area contributed by atoms with Crippen LogP contribution in [0.15, 0.2) is 48.5 Å². The zero-order valence-corrected chi connectivity index (χ0v) is 16.7. The van der Waals surface area contributed by atoms with E-state index in [2.05, 4.69) is 41.0 Å². The molecule has 0 radical (unpaired) electrons. The van der Waals surface area contributed by atoms with Crippen LogP contribution in [0.5, 0.6) is 5.75 Å². The van der Waals surface area contributed by atoms with E-state index in [1.165, 1.54) is 29.5 Å². The fourth-order valence-electron chi connectivity index (χ4n) is 4.55. The van der Waals surface area contributed by atoms with Crippen LogP contribution < -0.4 is 4.74 Å². The van der Waals surface area contributed by atoms with Gasteiger partial charge in [0.25, 0.3) is 0 Å². The molecule has 0 bridgehead atoms. The predicted molar refractivity (Wildman–Crippen MR) is 111 cm³/mol. The van der Waals surface area contributed by atoms with Gasteiger partial charge in [0.05, 0.1) is 6.04 Å². The third-order valence-electron chi connectivity index (χ3n) is 6.23. The second-order valence-corrected chi connectivity index (χ2v) is 8.11. The molecule has 0 aliphatic carbocycles. The molecule has 4 rings (SSSR count). The van der Waals surface area contributed by atoms with Crippen molar-refractivity contribution < 1.29 is 9.53 Å². The average Bonchev–Trinajstić information content (AvgIpc) is 3.07. The number of fused-ring (bicyclic) bond motifs is 1. The van der Waals surface area contributed by atoms with Crippen LogP contribution in [0.2, 0.25) is 0 Å². The molecular formula is C24H30N2O2. The van der Waals surface area contributed by atoms with Crippen LogP contribution in [0.25, 0.3) is 0 Å². The fraction of sp³-hybridized carbons (Fsp3) is 0.458. The molecule has 2 aromatic carbocycles. The van der Waals surface area contributed by atoms with E-state index < -0.39 is 0 Å². The van der Waals surface area contributed by atoms with Crippen LogP contribution in [0, 0.1) is 12.8 Å². The molecule has 4 nitrogen and oxygen atoms in total. The van der Waals surface area contributed by atoms with Gasteiger partial charge in [-0.2, -0.15) is 0 Å². The van der Waals surface area contributed by atoms with Gasteiger partial charge < -0.3 is 9.53 Å². The molecule has 0 amide bonds. The average molecular weight is 379 g/mol. The van der Waals surface area contributed by atoms with Gasteiger partial charge in [0.15, 0.2) is 0 Å². The number of aryl methyl sites for hydroxylation is 1. The SMILES string of the molecule is Cc1ccccc1OCCN1CCC(CN2Cc3ccccc3C2C=O)CC1. The van der Waals surface area contributed by atoms with Crippen LogP contribution >= 0.6 is 0 Å². The molecule has 148 valence electrons. The summed E-state index contributed by atoms with van der Waals surface area (Å²) in [4.78, 5) is 16.5. The van der Waals surface area contributed by atoms with Gasteiger partial charge in [-0.3, -0.25) is 9.80 Å². The quantitative estimate of drug-likeness (QED) is 0.686. The minimum atomic E-state index is -0.0586. The van der Waals surface area contributed by atoms with E-state index in [1.54, 1.807) is 0 Å². The largest absolute Gasteiger partial charge is 0.492 e. The number of benzene rings is 2. The lowest BCUT2D eigenvalue weighted by atomic mass is 9.96. The molecule has 1 atom stereocenters. The second kappa shape index (κ2) is 8.89. The molecule has 0 N–H and O–H groups in total. The standard InChI is InChI=1S/C24H30N2O2/c1-19-6-2-5-9-24(19)28-15-14-25-12-10-20(11-13-25)16-26-17-21-7-3-4-8-22(21)23(26)18-27/h2-9,18,20,23H,10-17H2,1H3. The number of rotatable bonds is 7. The van der Waals surface area contributed by atoms with E-state index in [9.17, 15) is 4.79 Å². The summed E-state index contributed by atoms with van der Waals surface area (Å²) in [6.45, 7) is 7.97. The van der Waals surface area contributed by atoms with Crippen molar-refractivity contribution in [2.45, 2.75) is 32.4 Å². The number of aldehydes is 1. The number of para-hydroxylation sites is 1. The normalized spacial score (nSPS) is 20.8. The summed E-state index contributed by atoms with van der Waals surface area (Å²) in [5.74, 6) is 1.66. The van der Waals surface area contributed by atoms with Gasteiger partial charge in [-0.1, -0.05) is 42.5 Å². The first-order valence-corrected chi connectivity index (χ1v) is 10.4. The number of likely N-dealkylation sites (tertiary alicyclic amines) is 1. The highest BCUT2D eigenvalue weighted by Crippen LogP contribution is 2.33. The monoisotopic (exact) mass is 378 g/mol. The summed E-state index contributed by atoms with van der Waals surface area (Å²) in [5.41, 5.74) is 3.70. The summed E-state index contributed by atoms with van der Waals surface area (Å²) >= 11 is 0. The van der Waals surface area contributed by atoms with Crippen LogP contribution in [-0.4, -0.2) is 48.9 Å². The molecule has 2 aliphatic heterocycles. The van der Waals surface area contributed by atoms with Gasteiger partial charge in [-0.25, -0.2) is 0 Å². The van der Waals surface area contributed by atoms with Gasteiger partial charge in [0.2, 0.25) is 0 Å². The highest BCUT2D eigenvalue weighted by atomic mass is 16.5. The molecule has 2 aromatic rings. The van der Waals surface area contributed by atoms with Crippen molar-refractivity contribution in [3.8, 4) is 5.75 Å². The van der Waals surface area contributed by atoms with Crippen molar-refractivity contribution in [1.29, 1.82) is 0 Å². The first kappa shape index (κ1) is 19.2. The number of carbonyl (C=O) groups is 1. The Hall–Kier alpha value is -2.17. The van der Waals surface area contributed by atoms with Gasteiger partial charge in [-0.15, -0.1) is 0 Å². The predicted octanol–water partition coefficient (Wildman–Crippen LogP) is 3.84. The minimum absolute atomic E-state index is 0.0586. The summed E-state index contributed by atoms with van der Waals surface area (Å²) < 4.78 is 5.95. The number of piperidine rings is 1. The molecule has 4 heteroatoms. The van der Waals surface area contributed by atoms with E-state index in [4.69, 9.17) is 4.74 Å². The van der Waals surface area contributed by atoms with Crippen molar-refractivity contribution in [3.05, 3.63) is 65.2 Å². The number of ether oxygens (including phenoxy) is 1. The molecule has 2 aliphatic rings. The maximum atomic E-state index is 11.7. The van der Waals surface area contributed by atoms with Gasteiger partial charge in [-0.05, 0) is 61.5 Å². The van der Waals surface area contributed by atoms with Crippen molar-refractivity contribution in [1.82, 2.24) is 9.80 Å². The Morgan fingerprint density at radius 3 is 2.61 bits per heavy atom. The van der Waals surface area contributed by atoms with Crippen LogP contribution in [0.3, 0.4) is 0 Å². The topological polar surface area (TPSA) is 32.8 Å². The number of hydrogen-bond acceptors (Lipinski definition) is 4. The Labute approximate surface area is 168 Å². The number of carbonyl (C=O) groups excluding carboxylic acids is 1. The highest BCUT2D eigenvalue weighted by Gasteiger charge is 2.32. The van der Waals surface area contributed by atoms with Gasteiger partial charge >= 0.3 is 0 Å². The molecule has 1 saturated heterocycles. The summed E-state index contributed by atoms with van der Waals surface area (Å²) in [7, 11) is 0. The molecule has 1 unspecified atom stereocenters. The van der Waals surface area contributed by atoms with Crippen LogP contribution in [0.1, 0.15) is 35.6 Å². The first-order chi connectivity index (χ1) is 13.7. The van der Waals surface area contributed by atoms with Gasteiger partial charge in [0, 0.05) is 19.6 Å². The number of nitrogens with zero attached hydrogens (tertiary/aromatic N) is 2. The van der Waals surface area contributed by atoms with Crippen molar-refractivity contribution in [2.24, 2.45) is 5.92 Å². The molecule has 28 heavy (non-hydrogen) atoms. The fourth-order valence-corrected chi connectivity index (χ4v) is 4.55. The summed E-state index contributed by atoms with van der Waals surface area (Å²) in [6, 6.07) is 16.5. The van der Waals surface area contributed by atoms with Crippen molar-refractivity contribution in [2.75, 3.05) is 32.8 Å². The maximum Gasteiger partial charge on any atom is 0.141 e. The summed E-state index contributed by atoms with van der Waals surface area (Å²) in [5, 5.41) is 0. The van der Waals surface area contributed by atoms with E-state index >= 15 is 0 Å². The Kier molecular flexibility index (Phi) is 6.08. The molecule has 0 aromatic heterocycles. The molecule has 0 saturated carbocycles. The van der Waals surface area contributed by atoms with E-state index in [0.717, 1.165) is 51.4 Å². The highest BCUT2D eigenvalue weighted by molar-refractivity contribution is 5.64. The van der Waals surface area contributed by atoms with Gasteiger partial charge in [0.1, 0.15) is 18.6 Å². The molecule has 1 fully saturated rings. The second-order valence-electron chi connectivity index (χ2n) is 8.11. The Morgan fingerprint density at radius 2 is 1.82 bits per heavy atom. The third-order valence-corrected chi connectivity index (χ3v) is 6.23. The third kappa shape index (κ3) is 4.29. The Bertz CT molecular complexity index is 799. The number of hydrogen-bond donors (Lipinski definition) is 0. The molecule has 2 heterocycles. The van der Waals surface area contributed by atoms with Crippen molar-refractivity contribution >= 4 is 6.29 Å². The molecular weight excluding hydrogens is 348 g/mol. The lowest BCUT2D eigenvalue weighted by Crippen LogP contribution is -2.40. The molecule has 0 spiro atoms. The Balaban J connectivity index is 1.22. The smallest absolute Gasteiger partial charge is 0.141 e. The zero-order valence-electron chi connectivity index (χ0n) is 16.7.